The maximum Gasteiger partial charge on any atom is 0.255 e. The summed E-state index contributed by atoms with van der Waals surface area (Å²) in [6.45, 7) is 1.08. The van der Waals surface area contributed by atoms with Crippen LogP contribution in [0.3, 0.4) is 0 Å². The minimum absolute atomic E-state index is 0. The third-order valence-corrected chi connectivity index (χ3v) is 6.61. The number of hydrogen-bond donors (Lipinski definition) is 6. The minimum Gasteiger partial charge on any atom is -0.370 e. The fourth-order valence-corrected chi connectivity index (χ4v) is 4.83. The smallest absolute Gasteiger partial charge is 0.255 e. The van der Waals surface area contributed by atoms with Crippen molar-refractivity contribution in [3.8, 4) is 11.5 Å². The number of rotatable bonds is 11. The fraction of sp³-hybridized carbons (Fsp3) is 0.231. The first-order valence-corrected chi connectivity index (χ1v) is 13.6. The molecule has 0 saturated heterocycles. The number of carbonyl (C=O) groups excluding carboxylic acids is 2. The fourth-order valence-electron chi connectivity index (χ4n) is 4.12. The molecule has 42 heavy (non-hydrogen) atoms. The molecule has 0 fully saturated rings. The molecular formula is C26H30Cl5N9O2. The molecule has 2 aromatic carbocycles. The number of imidazole rings is 1. The Bertz CT molecular complexity index is 1550. The van der Waals surface area contributed by atoms with Crippen molar-refractivity contribution in [2.75, 3.05) is 46.9 Å². The maximum absolute atomic E-state index is 13.0. The molecule has 2 amide bonds. The molecule has 0 unspecified atom stereocenters. The molecule has 4 aromatic rings. The van der Waals surface area contributed by atoms with E-state index in [-0.39, 0.29) is 49.1 Å². The van der Waals surface area contributed by atoms with Gasteiger partial charge in [0.25, 0.3) is 5.91 Å². The zero-order chi connectivity index (χ0) is 28.8. The highest BCUT2D eigenvalue weighted by molar-refractivity contribution is 6.33. The van der Waals surface area contributed by atoms with E-state index in [0.717, 1.165) is 16.9 Å². The molecule has 4 rings (SSSR count). The Kier molecular flexibility index (Phi) is 13.1. The third-order valence-electron chi connectivity index (χ3n) is 5.97. The number of H-pyrrole nitrogens is 1. The van der Waals surface area contributed by atoms with Crippen LogP contribution >= 0.6 is 59.6 Å². The van der Waals surface area contributed by atoms with Gasteiger partial charge in [-0.2, -0.15) is 0 Å². The normalized spacial score (nSPS) is 10.4. The van der Waals surface area contributed by atoms with Gasteiger partial charge in [-0.15, -0.1) is 48.0 Å². The summed E-state index contributed by atoms with van der Waals surface area (Å²) in [6.07, 6.45) is 1.74. The summed E-state index contributed by atoms with van der Waals surface area (Å²) >= 11 is 18.3. The highest BCUT2D eigenvalue weighted by atomic mass is 35.5. The van der Waals surface area contributed by atoms with E-state index in [1.165, 1.54) is 0 Å². The number of alkyl halides is 2. The number of aromatic amines is 1. The molecule has 0 spiro atoms. The Balaban J connectivity index is 0.00000308. The van der Waals surface area contributed by atoms with Crippen LogP contribution in [0, 0.1) is 5.41 Å². The summed E-state index contributed by atoms with van der Waals surface area (Å²) in [7, 11) is 1.83. The van der Waals surface area contributed by atoms with Gasteiger partial charge in [0.2, 0.25) is 5.91 Å². The van der Waals surface area contributed by atoms with Gasteiger partial charge in [0.1, 0.15) is 0 Å². The predicted octanol–water partition coefficient (Wildman–Crippen LogP) is 5.02. The number of nitrogens with one attached hydrogen (secondary N) is 5. The average Bonchev–Trinajstić information content (AvgIpc) is 3.49. The van der Waals surface area contributed by atoms with Crippen LogP contribution < -0.4 is 26.6 Å². The van der Waals surface area contributed by atoms with Crippen molar-refractivity contribution in [3.63, 3.8) is 0 Å². The molecule has 7 N–H and O–H groups in total. The number of aryl methyl sites for hydroxylation is 1. The summed E-state index contributed by atoms with van der Waals surface area (Å²) in [5.41, 5.74) is 9.63. The Morgan fingerprint density at radius 3 is 2.40 bits per heavy atom. The summed E-state index contributed by atoms with van der Waals surface area (Å²) < 4.78 is 1.81. The lowest BCUT2D eigenvalue weighted by atomic mass is 10.1. The summed E-state index contributed by atoms with van der Waals surface area (Å²) in [6, 6.07) is 12.3. The van der Waals surface area contributed by atoms with Crippen molar-refractivity contribution in [2.45, 2.75) is 0 Å². The lowest BCUT2D eigenvalue weighted by Gasteiger charge is -2.24. The number of halogens is 5. The van der Waals surface area contributed by atoms with E-state index in [1.54, 1.807) is 42.6 Å². The van der Waals surface area contributed by atoms with Crippen LogP contribution in [-0.4, -0.2) is 63.7 Å². The molecule has 16 heteroatoms. The standard InChI is InChI=1S/C26H28Cl3N9O2.2ClH/c1-37-14-17(33-23(39)13-32-26(30)31)12-22(37)24-35-19-4-2-15(10-20(19)36-24)25(40)34-16-3-5-21(18(29)11-16)38(8-6-27)9-7-28;;/h2-5,10-12,14H,6-9,13H2,1H3,(H,33,39)(H,34,40)(H,35,36)(H4,30,31,32);2*1H. The van der Waals surface area contributed by atoms with Crippen LogP contribution in [-0.2, 0) is 11.8 Å². The minimum atomic E-state index is -0.341. The van der Waals surface area contributed by atoms with Crippen molar-refractivity contribution < 1.29 is 9.59 Å². The van der Waals surface area contributed by atoms with Gasteiger partial charge in [-0.1, -0.05) is 11.6 Å². The molecule has 0 bridgehead atoms. The van der Waals surface area contributed by atoms with Crippen molar-refractivity contribution in [1.82, 2.24) is 19.9 Å². The molecule has 0 aliphatic heterocycles. The monoisotopic (exact) mass is 675 g/mol. The van der Waals surface area contributed by atoms with Crippen LogP contribution in [0.25, 0.3) is 22.6 Å². The van der Waals surface area contributed by atoms with E-state index in [1.807, 2.05) is 22.6 Å². The van der Waals surface area contributed by atoms with Gasteiger partial charge in [0, 0.05) is 49.3 Å². The van der Waals surface area contributed by atoms with Crippen LogP contribution in [0.5, 0.6) is 0 Å². The zero-order valence-electron chi connectivity index (χ0n) is 22.3. The van der Waals surface area contributed by atoms with Gasteiger partial charge in [-0.05, 0) is 42.5 Å². The molecule has 2 aromatic heterocycles. The second-order valence-corrected chi connectivity index (χ2v) is 10.0. The molecule has 0 saturated carbocycles. The van der Waals surface area contributed by atoms with Crippen molar-refractivity contribution in [1.29, 1.82) is 5.41 Å². The number of guanidine groups is 1. The average molecular weight is 678 g/mol. The first-order chi connectivity index (χ1) is 19.2. The highest BCUT2D eigenvalue weighted by Gasteiger charge is 2.15. The Morgan fingerprint density at radius 2 is 1.76 bits per heavy atom. The van der Waals surface area contributed by atoms with Gasteiger partial charge in [-0.25, -0.2) is 4.98 Å². The number of benzene rings is 2. The number of fused-ring (bicyclic) bond motifs is 1. The Morgan fingerprint density at radius 1 is 1.05 bits per heavy atom. The summed E-state index contributed by atoms with van der Waals surface area (Å²) in [5.74, 6) is 0.505. The van der Waals surface area contributed by atoms with Crippen molar-refractivity contribution in [3.05, 3.63) is 59.2 Å². The molecule has 0 radical (unpaired) electrons. The molecule has 11 nitrogen and oxygen atoms in total. The molecule has 0 aliphatic rings. The van der Waals surface area contributed by atoms with Crippen LogP contribution in [0.1, 0.15) is 10.4 Å². The second-order valence-electron chi connectivity index (χ2n) is 8.84. The predicted molar refractivity (Wildman–Crippen MR) is 177 cm³/mol. The van der Waals surface area contributed by atoms with E-state index in [2.05, 4.69) is 25.9 Å². The lowest BCUT2D eigenvalue weighted by Crippen LogP contribution is -2.36. The first-order valence-electron chi connectivity index (χ1n) is 12.2. The van der Waals surface area contributed by atoms with Gasteiger partial charge in [0.15, 0.2) is 11.8 Å². The van der Waals surface area contributed by atoms with E-state index >= 15 is 0 Å². The number of nitrogens with zero attached hydrogens (tertiary/aromatic N) is 3. The van der Waals surface area contributed by atoms with Gasteiger partial charge in [0.05, 0.1) is 39.7 Å². The second kappa shape index (κ2) is 15.8. The quantitative estimate of drug-likeness (QED) is 0.0744. The number of amides is 2. The molecular weight excluding hydrogens is 648 g/mol. The van der Waals surface area contributed by atoms with Crippen LogP contribution in [0.4, 0.5) is 17.1 Å². The number of aromatic nitrogens is 3. The maximum atomic E-state index is 13.0. The summed E-state index contributed by atoms with van der Waals surface area (Å²) in [5, 5.41) is 15.7. The molecule has 0 atom stereocenters. The summed E-state index contributed by atoms with van der Waals surface area (Å²) in [4.78, 5) is 35.0. The van der Waals surface area contributed by atoms with Gasteiger partial charge < -0.3 is 36.1 Å². The van der Waals surface area contributed by atoms with Crippen molar-refractivity contribution >= 4 is 105 Å². The number of hydrogen-bond acceptors (Lipinski definition) is 5. The number of anilines is 3. The zero-order valence-corrected chi connectivity index (χ0v) is 26.2. The molecule has 2 heterocycles. The highest BCUT2D eigenvalue weighted by Crippen LogP contribution is 2.30. The topological polar surface area (TPSA) is 157 Å². The van der Waals surface area contributed by atoms with Gasteiger partial charge in [-0.3, -0.25) is 15.0 Å². The molecule has 226 valence electrons. The third kappa shape index (κ3) is 8.59. The first kappa shape index (κ1) is 34.8. The van der Waals surface area contributed by atoms with E-state index in [4.69, 9.17) is 45.9 Å². The molecule has 0 aliphatic carbocycles. The number of carbonyl (C=O) groups is 2. The Labute approximate surface area is 269 Å². The largest absolute Gasteiger partial charge is 0.370 e. The number of nitrogens with two attached hydrogens (primary N) is 1. The van der Waals surface area contributed by atoms with E-state index < -0.39 is 0 Å². The Hall–Kier alpha value is -3.35. The van der Waals surface area contributed by atoms with E-state index in [9.17, 15) is 9.59 Å². The van der Waals surface area contributed by atoms with Crippen molar-refractivity contribution in [2.24, 2.45) is 12.8 Å². The van der Waals surface area contributed by atoms with E-state index in [0.29, 0.717) is 58.2 Å². The van der Waals surface area contributed by atoms with Gasteiger partial charge >= 0.3 is 0 Å². The van der Waals surface area contributed by atoms with Crippen LogP contribution in [0.2, 0.25) is 5.02 Å². The van der Waals surface area contributed by atoms with Crippen LogP contribution in [0.15, 0.2) is 48.7 Å². The SMILES string of the molecule is Cl.Cl.Cn1cc(NC(=O)CNC(=N)N)cc1-c1nc2cc(C(=O)Nc3ccc(N(CCCl)CCCl)c(Cl)c3)ccc2[nH]1. The lowest BCUT2D eigenvalue weighted by molar-refractivity contribution is -0.115.